The zero-order chi connectivity index (χ0) is 16.7. The minimum absolute atomic E-state index is 0.202. The molecule has 0 aliphatic heterocycles. The number of carbonyl (C=O) groups excluding carboxylic acids is 1. The van der Waals surface area contributed by atoms with Crippen LogP contribution in [0.5, 0.6) is 0 Å². The Labute approximate surface area is 139 Å². The highest BCUT2D eigenvalue weighted by molar-refractivity contribution is 7.80. The lowest BCUT2D eigenvalue weighted by Crippen LogP contribution is -2.43. The average Bonchev–Trinajstić information content (AvgIpc) is 2.54. The van der Waals surface area contributed by atoms with Crippen molar-refractivity contribution in [3.8, 4) is 0 Å². The van der Waals surface area contributed by atoms with Crippen molar-refractivity contribution in [2.24, 2.45) is 0 Å². The van der Waals surface area contributed by atoms with Crippen LogP contribution in [0.25, 0.3) is 6.08 Å². The molecule has 0 unspecified atom stereocenters. The molecule has 1 amide bonds. The largest absolute Gasteiger partial charge is 0.331 e. The molecule has 0 bridgehead atoms. The van der Waals surface area contributed by atoms with Crippen LogP contribution in [0.3, 0.4) is 0 Å². The van der Waals surface area contributed by atoms with Gasteiger partial charge in [0.2, 0.25) is 0 Å². The van der Waals surface area contributed by atoms with Crippen LogP contribution in [-0.2, 0) is 4.79 Å². The fourth-order valence-corrected chi connectivity index (χ4v) is 1.87. The van der Waals surface area contributed by atoms with Gasteiger partial charge in [0.15, 0.2) is 5.11 Å². The topological polar surface area (TPSA) is 53.2 Å². The maximum absolute atomic E-state index is 12.8. The Morgan fingerprint density at radius 1 is 1.04 bits per heavy atom. The monoisotopic (exact) mass is 329 g/mol. The predicted octanol–water partition coefficient (Wildman–Crippen LogP) is 3.17. The summed E-state index contributed by atoms with van der Waals surface area (Å²) in [5.74, 6) is -0.669. The molecule has 0 saturated carbocycles. The first-order valence-electron chi connectivity index (χ1n) is 6.90. The Kier molecular flexibility index (Phi) is 5.82. The molecule has 0 atom stereocenters. The number of hydrazine groups is 1. The number of carbonyl (C=O) groups is 1. The first-order valence-corrected chi connectivity index (χ1v) is 7.31. The third-order valence-corrected chi connectivity index (χ3v) is 3.11. The zero-order valence-corrected chi connectivity index (χ0v) is 13.3. The predicted molar refractivity (Wildman–Crippen MR) is 94.1 cm³/mol. The molecule has 118 valence electrons. The van der Waals surface area contributed by atoms with Crippen molar-refractivity contribution in [3.05, 3.63) is 71.6 Å². The summed E-state index contributed by atoms with van der Waals surface area (Å²) < 4.78 is 12.8. The molecule has 0 aliphatic rings. The number of nitrogens with one attached hydrogen (secondary N) is 3. The van der Waals surface area contributed by atoms with Gasteiger partial charge in [-0.05, 0) is 55.0 Å². The highest BCUT2D eigenvalue weighted by atomic mass is 32.1. The molecule has 6 heteroatoms. The minimum atomic E-state index is -0.339. The van der Waals surface area contributed by atoms with Crippen LogP contribution >= 0.6 is 12.2 Å². The van der Waals surface area contributed by atoms with E-state index in [0.29, 0.717) is 5.69 Å². The molecule has 0 spiro atoms. The van der Waals surface area contributed by atoms with Gasteiger partial charge in [-0.1, -0.05) is 29.8 Å². The number of aryl methyl sites for hydroxylation is 1. The summed E-state index contributed by atoms with van der Waals surface area (Å²) >= 11 is 5.02. The Balaban J connectivity index is 1.78. The smallest absolute Gasteiger partial charge is 0.262 e. The van der Waals surface area contributed by atoms with Gasteiger partial charge >= 0.3 is 0 Å². The third-order valence-electron chi connectivity index (χ3n) is 2.91. The van der Waals surface area contributed by atoms with Gasteiger partial charge in [-0.3, -0.25) is 15.6 Å². The summed E-state index contributed by atoms with van der Waals surface area (Å²) in [5.41, 5.74) is 7.71. The van der Waals surface area contributed by atoms with E-state index in [1.54, 1.807) is 18.2 Å². The summed E-state index contributed by atoms with van der Waals surface area (Å²) in [6.45, 7) is 2.00. The van der Waals surface area contributed by atoms with E-state index in [2.05, 4.69) is 16.2 Å². The van der Waals surface area contributed by atoms with Gasteiger partial charge in [-0.15, -0.1) is 0 Å². The molecule has 0 heterocycles. The average molecular weight is 329 g/mol. The van der Waals surface area contributed by atoms with Gasteiger partial charge in [-0.25, -0.2) is 4.39 Å². The minimum Gasteiger partial charge on any atom is -0.331 e. The van der Waals surface area contributed by atoms with Crippen molar-refractivity contribution in [3.63, 3.8) is 0 Å². The van der Waals surface area contributed by atoms with E-state index < -0.39 is 0 Å². The van der Waals surface area contributed by atoms with Gasteiger partial charge < -0.3 is 5.32 Å². The molecule has 2 aromatic carbocycles. The Morgan fingerprint density at radius 3 is 2.35 bits per heavy atom. The van der Waals surface area contributed by atoms with Crippen molar-refractivity contribution in [1.29, 1.82) is 0 Å². The van der Waals surface area contributed by atoms with E-state index in [-0.39, 0.29) is 16.8 Å². The van der Waals surface area contributed by atoms with Gasteiger partial charge in [0.1, 0.15) is 5.82 Å². The molecule has 0 radical (unpaired) electrons. The maximum Gasteiger partial charge on any atom is 0.262 e. The quantitative estimate of drug-likeness (QED) is 0.460. The van der Waals surface area contributed by atoms with Crippen molar-refractivity contribution >= 4 is 35.0 Å². The number of hydrogen-bond acceptors (Lipinski definition) is 2. The van der Waals surface area contributed by atoms with Gasteiger partial charge in [0.25, 0.3) is 5.91 Å². The van der Waals surface area contributed by atoms with Crippen molar-refractivity contribution < 1.29 is 9.18 Å². The van der Waals surface area contributed by atoms with Crippen molar-refractivity contribution in [1.82, 2.24) is 10.9 Å². The molecule has 0 aliphatic carbocycles. The molecular formula is C17H16FN3OS. The van der Waals surface area contributed by atoms with E-state index >= 15 is 0 Å². The summed E-state index contributed by atoms with van der Waals surface area (Å²) in [4.78, 5) is 11.7. The molecule has 0 aromatic heterocycles. The first kappa shape index (κ1) is 16.6. The summed E-state index contributed by atoms with van der Waals surface area (Å²) in [5, 5.41) is 3.02. The second kappa shape index (κ2) is 8.05. The molecular weight excluding hydrogens is 313 g/mol. The second-order valence-corrected chi connectivity index (χ2v) is 5.23. The van der Waals surface area contributed by atoms with Crippen LogP contribution in [-0.4, -0.2) is 11.0 Å². The lowest BCUT2D eigenvalue weighted by atomic mass is 10.1. The number of hydrogen-bond donors (Lipinski definition) is 3. The molecule has 3 N–H and O–H groups in total. The fourth-order valence-electron chi connectivity index (χ4n) is 1.71. The van der Waals surface area contributed by atoms with E-state index in [0.717, 1.165) is 11.1 Å². The Bertz CT molecular complexity index is 712. The Morgan fingerprint density at radius 2 is 1.70 bits per heavy atom. The van der Waals surface area contributed by atoms with Gasteiger partial charge in [0, 0.05) is 11.8 Å². The number of benzene rings is 2. The molecule has 0 saturated heterocycles. The van der Waals surface area contributed by atoms with E-state index in [1.807, 2.05) is 31.2 Å². The number of rotatable bonds is 3. The van der Waals surface area contributed by atoms with Gasteiger partial charge in [0.05, 0.1) is 0 Å². The van der Waals surface area contributed by atoms with Crippen molar-refractivity contribution in [2.75, 3.05) is 5.32 Å². The zero-order valence-electron chi connectivity index (χ0n) is 12.5. The third kappa shape index (κ3) is 5.88. The lowest BCUT2D eigenvalue weighted by Gasteiger charge is -2.10. The summed E-state index contributed by atoms with van der Waals surface area (Å²) in [7, 11) is 0. The number of halogens is 1. The fraction of sp³-hybridized carbons (Fsp3) is 0.0588. The van der Waals surface area contributed by atoms with Gasteiger partial charge in [-0.2, -0.15) is 0 Å². The molecule has 2 rings (SSSR count). The SMILES string of the molecule is Cc1ccc(/C=C/C(=O)NNC(=S)Nc2ccc(F)cc2)cc1. The van der Waals surface area contributed by atoms with Crippen LogP contribution in [0, 0.1) is 12.7 Å². The standard InChI is InChI=1S/C17H16FN3OS/c1-12-2-4-13(5-3-12)6-11-16(22)20-21-17(23)19-15-9-7-14(18)8-10-15/h2-11H,1H3,(H,20,22)(H2,19,21,23)/b11-6+. The van der Waals surface area contributed by atoms with Crippen LogP contribution in [0.1, 0.15) is 11.1 Å². The maximum atomic E-state index is 12.8. The summed E-state index contributed by atoms with van der Waals surface area (Å²) in [6.07, 6.45) is 3.10. The Hall–Kier alpha value is -2.73. The highest BCUT2D eigenvalue weighted by Crippen LogP contribution is 2.07. The molecule has 4 nitrogen and oxygen atoms in total. The second-order valence-electron chi connectivity index (χ2n) is 4.82. The lowest BCUT2D eigenvalue weighted by molar-refractivity contribution is -0.116. The van der Waals surface area contributed by atoms with Crippen molar-refractivity contribution in [2.45, 2.75) is 6.92 Å². The number of amides is 1. The molecule has 2 aromatic rings. The van der Waals surface area contributed by atoms with Crippen LogP contribution in [0.2, 0.25) is 0 Å². The van der Waals surface area contributed by atoms with E-state index in [1.165, 1.54) is 18.2 Å². The molecule has 0 fully saturated rings. The number of thiocarbonyl (C=S) groups is 1. The van der Waals surface area contributed by atoms with Crippen LogP contribution in [0.15, 0.2) is 54.6 Å². The number of anilines is 1. The van der Waals surface area contributed by atoms with Crippen LogP contribution < -0.4 is 16.2 Å². The normalized spacial score (nSPS) is 10.3. The van der Waals surface area contributed by atoms with E-state index in [9.17, 15) is 9.18 Å². The van der Waals surface area contributed by atoms with E-state index in [4.69, 9.17) is 12.2 Å². The summed E-state index contributed by atoms with van der Waals surface area (Å²) in [6, 6.07) is 13.5. The first-order chi connectivity index (χ1) is 11.0. The molecule has 23 heavy (non-hydrogen) atoms. The highest BCUT2D eigenvalue weighted by Gasteiger charge is 1.99. The van der Waals surface area contributed by atoms with Crippen LogP contribution in [0.4, 0.5) is 10.1 Å².